The fraction of sp³-hybridized carbons (Fsp3) is 0.167. The molecular weight excluding hydrogens is 271 g/mol. The topological polar surface area (TPSA) is 63.8 Å². The van der Waals surface area contributed by atoms with E-state index in [-0.39, 0.29) is 6.04 Å². The molecule has 0 spiro atoms. The molecule has 0 amide bonds. The van der Waals surface area contributed by atoms with Crippen LogP contribution in [0.3, 0.4) is 0 Å². The van der Waals surface area contributed by atoms with Crippen LogP contribution in [0.5, 0.6) is 0 Å². The third kappa shape index (κ3) is 3.03. The second-order valence-corrected chi connectivity index (χ2v) is 4.70. The summed E-state index contributed by atoms with van der Waals surface area (Å²) in [7, 11) is 0. The van der Waals surface area contributed by atoms with Gasteiger partial charge in [0, 0.05) is 10.0 Å². The molecule has 1 heterocycles. The van der Waals surface area contributed by atoms with E-state index in [1.165, 1.54) is 6.20 Å². The minimum absolute atomic E-state index is 0.00677. The lowest BCUT2D eigenvalue weighted by molar-refractivity contribution is 0.872. The van der Waals surface area contributed by atoms with Gasteiger partial charge in [-0.15, -0.1) is 0 Å². The van der Waals surface area contributed by atoms with Crippen LogP contribution in [0.1, 0.15) is 18.5 Å². The minimum Gasteiger partial charge on any atom is -0.382 e. The number of halogens is 2. The van der Waals surface area contributed by atoms with Gasteiger partial charge in [-0.2, -0.15) is 0 Å². The summed E-state index contributed by atoms with van der Waals surface area (Å²) in [6, 6.07) is 5.39. The summed E-state index contributed by atoms with van der Waals surface area (Å²) in [5.74, 6) is 1.03. The van der Waals surface area contributed by atoms with Crippen molar-refractivity contribution in [2.24, 2.45) is 0 Å². The number of nitrogens with zero attached hydrogens (tertiary/aromatic N) is 2. The van der Waals surface area contributed by atoms with Crippen LogP contribution in [0.4, 0.5) is 11.6 Å². The number of benzene rings is 1. The van der Waals surface area contributed by atoms with E-state index < -0.39 is 0 Å². The fourth-order valence-electron chi connectivity index (χ4n) is 1.56. The lowest BCUT2D eigenvalue weighted by Gasteiger charge is -2.16. The highest BCUT2D eigenvalue weighted by molar-refractivity contribution is 6.35. The summed E-state index contributed by atoms with van der Waals surface area (Å²) in [6.07, 6.45) is 3.08. The number of anilines is 2. The van der Waals surface area contributed by atoms with E-state index in [0.717, 1.165) is 5.56 Å². The van der Waals surface area contributed by atoms with Crippen LogP contribution in [-0.4, -0.2) is 9.97 Å². The van der Waals surface area contributed by atoms with Crippen molar-refractivity contribution in [1.82, 2.24) is 9.97 Å². The van der Waals surface area contributed by atoms with Gasteiger partial charge < -0.3 is 11.1 Å². The SMILES string of the molecule is CC(Nc1cnc(N)cn1)c1ccc(Cl)cc1Cl. The number of hydrogen-bond acceptors (Lipinski definition) is 4. The first-order valence-corrected chi connectivity index (χ1v) is 6.11. The van der Waals surface area contributed by atoms with Crippen LogP contribution in [0.2, 0.25) is 10.0 Å². The van der Waals surface area contributed by atoms with Gasteiger partial charge in [-0.25, -0.2) is 9.97 Å². The van der Waals surface area contributed by atoms with Crippen molar-refractivity contribution in [3.63, 3.8) is 0 Å². The van der Waals surface area contributed by atoms with Crippen molar-refractivity contribution in [2.45, 2.75) is 13.0 Å². The average molecular weight is 283 g/mol. The van der Waals surface area contributed by atoms with Crippen molar-refractivity contribution < 1.29 is 0 Å². The van der Waals surface area contributed by atoms with Crippen LogP contribution in [-0.2, 0) is 0 Å². The number of rotatable bonds is 3. The Morgan fingerprint density at radius 1 is 1.22 bits per heavy atom. The Balaban J connectivity index is 2.16. The van der Waals surface area contributed by atoms with Crippen LogP contribution in [0.25, 0.3) is 0 Å². The van der Waals surface area contributed by atoms with Gasteiger partial charge in [0.2, 0.25) is 0 Å². The molecule has 1 atom stereocenters. The Morgan fingerprint density at radius 3 is 2.61 bits per heavy atom. The normalized spacial score (nSPS) is 12.2. The second kappa shape index (κ2) is 5.42. The molecular formula is C12H12Cl2N4. The van der Waals surface area contributed by atoms with Gasteiger partial charge in [0.05, 0.1) is 18.4 Å². The molecule has 0 fully saturated rings. The maximum atomic E-state index is 6.14. The molecule has 2 aromatic rings. The van der Waals surface area contributed by atoms with E-state index in [4.69, 9.17) is 28.9 Å². The number of nitrogens with two attached hydrogens (primary N) is 1. The molecule has 1 aromatic heterocycles. The van der Waals surface area contributed by atoms with Gasteiger partial charge in [-0.05, 0) is 24.6 Å². The van der Waals surface area contributed by atoms with Crippen molar-refractivity contribution >= 4 is 34.8 Å². The number of nitrogens with one attached hydrogen (secondary N) is 1. The molecule has 0 bridgehead atoms. The highest BCUT2D eigenvalue weighted by Gasteiger charge is 2.10. The zero-order valence-corrected chi connectivity index (χ0v) is 11.2. The molecule has 94 valence electrons. The predicted molar refractivity (Wildman–Crippen MR) is 74.9 cm³/mol. The largest absolute Gasteiger partial charge is 0.382 e. The van der Waals surface area contributed by atoms with Gasteiger partial charge in [0.25, 0.3) is 0 Å². The summed E-state index contributed by atoms with van der Waals surface area (Å²) in [4.78, 5) is 8.08. The van der Waals surface area contributed by atoms with E-state index in [1.54, 1.807) is 18.3 Å². The summed E-state index contributed by atoms with van der Waals surface area (Å²) in [5, 5.41) is 4.42. The maximum Gasteiger partial charge on any atom is 0.145 e. The summed E-state index contributed by atoms with van der Waals surface area (Å²) in [6.45, 7) is 1.98. The Labute approximate surface area is 115 Å². The molecule has 2 rings (SSSR count). The van der Waals surface area contributed by atoms with E-state index in [9.17, 15) is 0 Å². The quantitative estimate of drug-likeness (QED) is 0.904. The molecule has 0 aliphatic heterocycles. The van der Waals surface area contributed by atoms with Gasteiger partial charge in [0.1, 0.15) is 11.6 Å². The highest BCUT2D eigenvalue weighted by Crippen LogP contribution is 2.27. The number of hydrogen-bond donors (Lipinski definition) is 2. The molecule has 4 nitrogen and oxygen atoms in total. The fourth-order valence-corrected chi connectivity index (χ4v) is 2.14. The molecule has 3 N–H and O–H groups in total. The van der Waals surface area contributed by atoms with E-state index in [1.807, 2.05) is 13.0 Å². The molecule has 1 unspecified atom stereocenters. The van der Waals surface area contributed by atoms with Crippen LogP contribution < -0.4 is 11.1 Å². The Hall–Kier alpha value is -1.52. The molecule has 18 heavy (non-hydrogen) atoms. The summed E-state index contributed by atoms with van der Waals surface area (Å²) < 4.78 is 0. The van der Waals surface area contributed by atoms with Gasteiger partial charge >= 0.3 is 0 Å². The lowest BCUT2D eigenvalue weighted by Crippen LogP contribution is -2.09. The third-order valence-electron chi connectivity index (χ3n) is 2.47. The summed E-state index contributed by atoms with van der Waals surface area (Å²) >= 11 is 12.0. The van der Waals surface area contributed by atoms with E-state index in [0.29, 0.717) is 21.7 Å². The molecule has 6 heteroatoms. The first kappa shape index (κ1) is 12.9. The Bertz CT molecular complexity index is 542. The van der Waals surface area contributed by atoms with Crippen LogP contribution in [0, 0.1) is 0 Å². The molecule has 0 aliphatic carbocycles. The maximum absolute atomic E-state index is 6.14. The smallest absolute Gasteiger partial charge is 0.145 e. The Kier molecular flexibility index (Phi) is 3.89. The number of nitrogen functional groups attached to an aromatic ring is 1. The zero-order valence-electron chi connectivity index (χ0n) is 9.69. The molecule has 1 aromatic carbocycles. The first-order chi connectivity index (χ1) is 8.56. The predicted octanol–water partition coefficient (Wildman–Crippen LogP) is 3.54. The minimum atomic E-state index is -0.00677. The highest BCUT2D eigenvalue weighted by atomic mass is 35.5. The van der Waals surface area contributed by atoms with Gasteiger partial charge in [-0.3, -0.25) is 0 Å². The monoisotopic (exact) mass is 282 g/mol. The van der Waals surface area contributed by atoms with E-state index in [2.05, 4.69) is 15.3 Å². The third-order valence-corrected chi connectivity index (χ3v) is 3.03. The zero-order chi connectivity index (χ0) is 13.1. The molecule has 0 saturated heterocycles. The lowest BCUT2D eigenvalue weighted by atomic mass is 10.1. The standard InChI is InChI=1S/C12H12Cl2N4/c1-7(9-3-2-8(13)4-10(9)14)18-12-6-16-11(15)5-17-12/h2-7H,1H3,(H2,15,16)(H,17,18). The van der Waals surface area contributed by atoms with Crippen LogP contribution in [0.15, 0.2) is 30.6 Å². The number of aromatic nitrogens is 2. The Morgan fingerprint density at radius 2 is 2.00 bits per heavy atom. The van der Waals surface area contributed by atoms with Gasteiger partial charge in [0.15, 0.2) is 0 Å². The first-order valence-electron chi connectivity index (χ1n) is 5.35. The van der Waals surface area contributed by atoms with Crippen LogP contribution >= 0.6 is 23.2 Å². The molecule has 0 aliphatic rings. The molecule has 0 saturated carbocycles. The van der Waals surface area contributed by atoms with Crippen molar-refractivity contribution in [3.05, 3.63) is 46.2 Å². The molecule has 0 radical (unpaired) electrons. The van der Waals surface area contributed by atoms with Gasteiger partial charge in [-0.1, -0.05) is 29.3 Å². The van der Waals surface area contributed by atoms with Crippen molar-refractivity contribution in [1.29, 1.82) is 0 Å². The van der Waals surface area contributed by atoms with Crippen molar-refractivity contribution in [3.8, 4) is 0 Å². The van der Waals surface area contributed by atoms with E-state index >= 15 is 0 Å². The van der Waals surface area contributed by atoms with Crippen molar-refractivity contribution in [2.75, 3.05) is 11.1 Å². The average Bonchev–Trinajstić information content (AvgIpc) is 2.32. The summed E-state index contributed by atoms with van der Waals surface area (Å²) in [5.41, 5.74) is 6.42. The second-order valence-electron chi connectivity index (χ2n) is 3.86.